The van der Waals surface area contributed by atoms with Gasteiger partial charge in [-0.2, -0.15) is 0 Å². The summed E-state index contributed by atoms with van der Waals surface area (Å²) in [6.07, 6.45) is 8.04. The molecule has 1 heterocycles. The minimum atomic E-state index is 0.510. The van der Waals surface area contributed by atoms with Crippen molar-refractivity contribution < 1.29 is 4.74 Å². The summed E-state index contributed by atoms with van der Waals surface area (Å²) in [6, 6.07) is 0. The largest absolute Gasteiger partial charge is 0.375 e. The summed E-state index contributed by atoms with van der Waals surface area (Å²) in [5, 5.41) is 0. The average molecular weight is 196 g/mol. The Bertz CT molecular complexity index is 188. The van der Waals surface area contributed by atoms with Gasteiger partial charge in [-0.15, -0.1) is 0 Å². The Balaban J connectivity index is 2.04. The van der Waals surface area contributed by atoms with Crippen LogP contribution in [0.2, 0.25) is 0 Å². The monoisotopic (exact) mass is 196 g/mol. The van der Waals surface area contributed by atoms with E-state index in [1.54, 1.807) is 0 Å². The van der Waals surface area contributed by atoms with E-state index in [0.29, 0.717) is 12.2 Å². The van der Waals surface area contributed by atoms with E-state index in [4.69, 9.17) is 4.74 Å². The molecule has 1 saturated carbocycles. The van der Waals surface area contributed by atoms with E-state index in [0.717, 1.165) is 17.8 Å². The standard InChI is InChI=1S/C13H24O/c1-9(2)12-6-4-5-11-8-7-10(3)14-13(11)12/h9-13H,4-8H2,1-3H3. The van der Waals surface area contributed by atoms with Crippen molar-refractivity contribution in [3.63, 3.8) is 0 Å². The van der Waals surface area contributed by atoms with E-state index in [-0.39, 0.29) is 0 Å². The van der Waals surface area contributed by atoms with Gasteiger partial charge < -0.3 is 4.74 Å². The molecular weight excluding hydrogens is 172 g/mol. The molecule has 1 heteroatoms. The Morgan fingerprint density at radius 3 is 2.57 bits per heavy atom. The third kappa shape index (κ3) is 1.98. The summed E-state index contributed by atoms with van der Waals surface area (Å²) < 4.78 is 6.16. The summed E-state index contributed by atoms with van der Waals surface area (Å²) in [6.45, 7) is 6.95. The zero-order valence-electron chi connectivity index (χ0n) is 9.83. The third-order valence-corrected chi connectivity index (χ3v) is 4.19. The van der Waals surface area contributed by atoms with Crippen LogP contribution in [0, 0.1) is 17.8 Å². The van der Waals surface area contributed by atoms with Crippen LogP contribution in [0.1, 0.15) is 52.9 Å². The van der Waals surface area contributed by atoms with Gasteiger partial charge >= 0.3 is 0 Å². The Hall–Kier alpha value is -0.0400. The van der Waals surface area contributed by atoms with Gasteiger partial charge in [0.25, 0.3) is 0 Å². The maximum absolute atomic E-state index is 6.16. The van der Waals surface area contributed by atoms with Crippen molar-refractivity contribution >= 4 is 0 Å². The van der Waals surface area contributed by atoms with E-state index in [1.165, 1.54) is 32.1 Å². The molecule has 1 saturated heterocycles. The van der Waals surface area contributed by atoms with Gasteiger partial charge in [0.05, 0.1) is 12.2 Å². The van der Waals surface area contributed by atoms with Gasteiger partial charge in [0.2, 0.25) is 0 Å². The number of hydrogen-bond donors (Lipinski definition) is 0. The predicted molar refractivity (Wildman–Crippen MR) is 59.2 cm³/mol. The first kappa shape index (κ1) is 10.5. The molecule has 0 aromatic heterocycles. The maximum atomic E-state index is 6.16. The van der Waals surface area contributed by atoms with Crippen LogP contribution in [0.3, 0.4) is 0 Å². The van der Waals surface area contributed by atoms with Gasteiger partial charge in [0.1, 0.15) is 0 Å². The first-order valence-electron chi connectivity index (χ1n) is 6.34. The molecule has 1 aliphatic carbocycles. The van der Waals surface area contributed by atoms with Crippen LogP contribution in [0.15, 0.2) is 0 Å². The fourth-order valence-electron chi connectivity index (χ4n) is 3.31. The molecule has 2 fully saturated rings. The average Bonchev–Trinajstić information content (AvgIpc) is 2.16. The highest BCUT2D eigenvalue weighted by molar-refractivity contribution is 4.88. The molecule has 0 aromatic rings. The first-order valence-corrected chi connectivity index (χ1v) is 6.34. The van der Waals surface area contributed by atoms with Crippen LogP contribution in [-0.4, -0.2) is 12.2 Å². The molecule has 1 aliphatic heterocycles. The topological polar surface area (TPSA) is 9.23 Å². The molecule has 0 bridgehead atoms. The molecule has 82 valence electrons. The molecule has 2 aliphatic rings. The SMILES string of the molecule is CC1CCC2CCCC(C(C)C)C2O1. The highest BCUT2D eigenvalue weighted by Crippen LogP contribution is 2.41. The lowest BCUT2D eigenvalue weighted by Gasteiger charge is -2.45. The first-order chi connectivity index (χ1) is 6.68. The fraction of sp³-hybridized carbons (Fsp3) is 1.00. The molecule has 0 aromatic carbocycles. The lowest BCUT2D eigenvalue weighted by molar-refractivity contribution is -0.127. The second-order valence-corrected chi connectivity index (χ2v) is 5.59. The molecule has 0 radical (unpaired) electrons. The van der Waals surface area contributed by atoms with Gasteiger partial charge in [-0.25, -0.2) is 0 Å². The van der Waals surface area contributed by atoms with Gasteiger partial charge in [0, 0.05) is 0 Å². The lowest BCUT2D eigenvalue weighted by Crippen LogP contribution is -2.43. The summed E-state index contributed by atoms with van der Waals surface area (Å²) >= 11 is 0. The normalized spacial score (nSPS) is 43.7. The van der Waals surface area contributed by atoms with Crippen LogP contribution in [-0.2, 0) is 4.74 Å². The van der Waals surface area contributed by atoms with Crippen LogP contribution in [0.5, 0.6) is 0 Å². The van der Waals surface area contributed by atoms with Gasteiger partial charge in [-0.3, -0.25) is 0 Å². The fourth-order valence-corrected chi connectivity index (χ4v) is 3.31. The third-order valence-electron chi connectivity index (χ3n) is 4.19. The molecule has 4 atom stereocenters. The molecular formula is C13H24O. The second-order valence-electron chi connectivity index (χ2n) is 5.59. The molecule has 2 rings (SSSR count). The van der Waals surface area contributed by atoms with Gasteiger partial charge in [-0.05, 0) is 50.4 Å². The predicted octanol–water partition coefficient (Wildman–Crippen LogP) is 3.63. The van der Waals surface area contributed by atoms with Gasteiger partial charge in [-0.1, -0.05) is 20.3 Å². The summed E-state index contributed by atoms with van der Waals surface area (Å²) in [4.78, 5) is 0. The van der Waals surface area contributed by atoms with Crippen molar-refractivity contribution in [2.45, 2.75) is 65.1 Å². The highest BCUT2D eigenvalue weighted by atomic mass is 16.5. The van der Waals surface area contributed by atoms with Crippen molar-refractivity contribution in [3.05, 3.63) is 0 Å². The Morgan fingerprint density at radius 2 is 1.86 bits per heavy atom. The number of hydrogen-bond acceptors (Lipinski definition) is 1. The van der Waals surface area contributed by atoms with Gasteiger partial charge in [0.15, 0.2) is 0 Å². The molecule has 0 spiro atoms. The molecule has 4 unspecified atom stereocenters. The van der Waals surface area contributed by atoms with Crippen molar-refractivity contribution in [1.82, 2.24) is 0 Å². The summed E-state index contributed by atoms with van der Waals surface area (Å²) in [5.41, 5.74) is 0. The van der Waals surface area contributed by atoms with Crippen LogP contribution in [0.25, 0.3) is 0 Å². The number of rotatable bonds is 1. The Kier molecular flexibility index (Phi) is 3.16. The Morgan fingerprint density at radius 1 is 1.07 bits per heavy atom. The van der Waals surface area contributed by atoms with E-state index < -0.39 is 0 Å². The summed E-state index contributed by atoms with van der Waals surface area (Å²) in [7, 11) is 0. The Labute approximate surface area is 88.2 Å². The van der Waals surface area contributed by atoms with Crippen molar-refractivity contribution in [1.29, 1.82) is 0 Å². The van der Waals surface area contributed by atoms with E-state index in [2.05, 4.69) is 20.8 Å². The quantitative estimate of drug-likeness (QED) is 0.622. The zero-order valence-corrected chi connectivity index (χ0v) is 9.83. The van der Waals surface area contributed by atoms with Crippen LogP contribution < -0.4 is 0 Å². The number of ether oxygens (including phenoxy) is 1. The van der Waals surface area contributed by atoms with Crippen molar-refractivity contribution in [3.8, 4) is 0 Å². The van der Waals surface area contributed by atoms with Crippen LogP contribution in [0.4, 0.5) is 0 Å². The summed E-state index contributed by atoms with van der Waals surface area (Å²) in [5.74, 6) is 2.51. The zero-order chi connectivity index (χ0) is 10.1. The van der Waals surface area contributed by atoms with E-state index in [9.17, 15) is 0 Å². The van der Waals surface area contributed by atoms with Crippen LogP contribution >= 0.6 is 0 Å². The maximum Gasteiger partial charge on any atom is 0.0637 e. The molecule has 1 nitrogen and oxygen atoms in total. The minimum absolute atomic E-state index is 0.510. The second kappa shape index (κ2) is 4.22. The van der Waals surface area contributed by atoms with E-state index >= 15 is 0 Å². The molecule has 0 amide bonds. The highest BCUT2D eigenvalue weighted by Gasteiger charge is 2.38. The smallest absolute Gasteiger partial charge is 0.0637 e. The lowest BCUT2D eigenvalue weighted by atomic mass is 9.71. The van der Waals surface area contributed by atoms with E-state index in [1.807, 2.05) is 0 Å². The van der Waals surface area contributed by atoms with Crippen molar-refractivity contribution in [2.75, 3.05) is 0 Å². The molecule has 0 N–H and O–H groups in total. The number of fused-ring (bicyclic) bond motifs is 1. The molecule has 14 heavy (non-hydrogen) atoms. The minimum Gasteiger partial charge on any atom is -0.375 e. The van der Waals surface area contributed by atoms with Crippen molar-refractivity contribution in [2.24, 2.45) is 17.8 Å².